The first-order chi connectivity index (χ1) is 11.9. The van der Waals surface area contributed by atoms with Gasteiger partial charge in [0.15, 0.2) is 11.5 Å². The van der Waals surface area contributed by atoms with Crippen molar-refractivity contribution >= 4 is 23.5 Å². The standard InChI is InChI=1S/C18H24ClNO5/c1-4-25-15-13(19)10-12(11-14(15)24-3)16(21)20(2)18(17(22)23)8-6-5-7-9-18/h10-11H,4-9H2,1-3H3,(H,22,23). The van der Waals surface area contributed by atoms with Crippen molar-refractivity contribution in [1.29, 1.82) is 0 Å². The van der Waals surface area contributed by atoms with E-state index in [0.29, 0.717) is 30.9 Å². The lowest BCUT2D eigenvalue weighted by Gasteiger charge is -2.41. The van der Waals surface area contributed by atoms with E-state index < -0.39 is 17.4 Å². The quantitative estimate of drug-likeness (QED) is 0.829. The van der Waals surface area contributed by atoms with Gasteiger partial charge in [0.25, 0.3) is 5.91 Å². The second-order valence-electron chi connectivity index (χ2n) is 6.18. The van der Waals surface area contributed by atoms with Crippen LogP contribution in [-0.4, -0.2) is 48.2 Å². The molecule has 0 unspecified atom stereocenters. The zero-order chi connectivity index (χ0) is 18.6. The number of benzene rings is 1. The van der Waals surface area contributed by atoms with Crippen LogP contribution in [0.5, 0.6) is 11.5 Å². The van der Waals surface area contributed by atoms with E-state index in [9.17, 15) is 14.7 Å². The maximum absolute atomic E-state index is 13.0. The van der Waals surface area contributed by atoms with Gasteiger partial charge in [0, 0.05) is 12.6 Å². The van der Waals surface area contributed by atoms with Gasteiger partial charge < -0.3 is 19.5 Å². The Labute approximate surface area is 152 Å². The molecule has 1 aromatic rings. The van der Waals surface area contributed by atoms with E-state index in [2.05, 4.69) is 0 Å². The number of amides is 1. The molecule has 1 aliphatic rings. The summed E-state index contributed by atoms with van der Waals surface area (Å²) >= 11 is 6.23. The van der Waals surface area contributed by atoms with Gasteiger partial charge in [-0.1, -0.05) is 30.9 Å². The average molecular weight is 370 g/mol. The van der Waals surface area contributed by atoms with Gasteiger partial charge in [0.2, 0.25) is 0 Å². The van der Waals surface area contributed by atoms with Gasteiger partial charge in [0.1, 0.15) is 5.54 Å². The Morgan fingerprint density at radius 3 is 2.44 bits per heavy atom. The number of hydrogen-bond acceptors (Lipinski definition) is 4. The van der Waals surface area contributed by atoms with Crippen LogP contribution in [0.2, 0.25) is 5.02 Å². The summed E-state index contributed by atoms with van der Waals surface area (Å²) in [5, 5.41) is 10.0. The van der Waals surface area contributed by atoms with Crippen LogP contribution in [0.3, 0.4) is 0 Å². The molecular formula is C18H24ClNO5. The molecule has 1 saturated carbocycles. The van der Waals surface area contributed by atoms with Gasteiger partial charge in [-0.2, -0.15) is 0 Å². The normalized spacial score (nSPS) is 16.2. The molecular weight excluding hydrogens is 346 g/mol. The Morgan fingerprint density at radius 2 is 1.92 bits per heavy atom. The number of ether oxygens (including phenoxy) is 2. The van der Waals surface area contributed by atoms with Crippen LogP contribution in [0.15, 0.2) is 12.1 Å². The fourth-order valence-electron chi connectivity index (χ4n) is 3.35. The second kappa shape index (κ2) is 7.95. The van der Waals surface area contributed by atoms with E-state index in [1.807, 2.05) is 6.92 Å². The molecule has 1 aliphatic carbocycles. The van der Waals surface area contributed by atoms with Crippen molar-refractivity contribution in [3.8, 4) is 11.5 Å². The topological polar surface area (TPSA) is 76.1 Å². The molecule has 1 N–H and O–H groups in total. The lowest BCUT2D eigenvalue weighted by molar-refractivity contribution is -0.151. The van der Waals surface area contributed by atoms with Crippen LogP contribution in [0.1, 0.15) is 49.4 Å². The lowest BCUT2D eigenvalue weighted by Crippen LogP contribution is -2.56. The number of likely N-dealkylation sites (N-methyl/N-ethyl adjacent to an activating group) is 1. The molecule has 1 amide bonds. The summed E-state index contributed by atoms with van der Waals surface area (Å²) in [7, 11) is 3.00. The average Bonchev–Trinajstić information content (AvgIpc) is 2.62. The summed E-state index contributed by atoms with van der Waals surface area (Å²) in [6, 6.07) is 3.03. The molecule has 0 atom stereocenters. The molecule has 0 aliphatic heterocycles. The van der Waals surface area contributed by atoms with Crippen molar-refractivity contribution in [2.75, 3.05) is 20.8 Å². The molecule has 1 fully saturated rings. The summed E-state index contributed by atoms with van der Waals surface area (Å²) in [6.45, 7) is 2.23. The van der Waals surface area contributed by atoms with Gasteiger partial charge in [-0.25, -0.2) is 4.79 Å². The van der Waals surface area contributed by atoms with Crippen molar-refractivity contribution in [2.45, 2.75) is 44.6 Å². The third-order valence-electron chi connectivity index (χ3n) is 4.79. The minimum atomic E-state index is -1.17. The lowest BCUT2D eigenvalue weighted by atomic mass is 9.80. The van der Waals surface area contributed by atoms with E-state index in [-0.39, 0.29) is 10.6 Å². The van der Waals surface area contributed by atoms with E-state index in [0.717, 1.165) is 19.3 Å². The maximum atomic E-state index is 13.0. The summed E-state index contributed by atoms with van der Waals surface area (Å²) in [4.78, 5) is 26.2. The molecule has 1 aromatic carbocycles. The Bertz CT molecular complexity index is 655. The van der Waals surface area contributed by atoms with Gasteiger partial charge >= 0.3 is 5.97 Å². The molecule has 138 valence electrons. The smallest absolute Gasteiger partial charge is 0.329 e. The molecule has 2 rings (SSSR count). The van der Waals surface area contributed by atoms with Gasteiger partial charge in [-0.15, -0.1) is 0 Å². The first-order valence-corrected chi connectivity index (χ1v) is 8.77. The fraction of sp³-hybridized carbons (Fsp3) is 0.556. The number of carboxylic acid groups (broad SMARTS) is 1. The zero-order valence-corrected chi connectivity index (χ0v) is 15.6. The predicted molar refractivity (Wildman–Crippen MR) is 94.7 cm³/mol. The third-order valence-corrected chi connectivity index (χ3v) is 5.07. The summed E-state index contributed by atoms with van der Waals surface area (Å²) < 4.78 is 10.7. The van der Waals surface area contributed by atoms with Gasteiger partial charge in [-0.05, 0) is 31.9 Å². The van der Waals surface area contributed by atoms with Crippen molar-refractivity contribution in [3.05, 3.63) is 22.7 Å². The minimum Gasteiger partial charge on any atom is -0.493 e. The second-order valence-corrected chi connectivity index (χ2v) is 6.59. The third kappa shape index (κ3) is 3.68. The highest BCUT2D eigenvalue weighted by molar-refractivity contribution is 6.32. The molecule has 6 nitrogen and oxygen atoms in total. The number of halogens is 1. The maximum Gasteiger partial charge on any atom is 0.329 e. The molecule has 0 bridgehead atoms. The number of hydrogen-bond donors (Lipinski definition) is 1. The molecule has 25 heavy (non-hydrogen) atoms. The van der Waals surface area contributed by atoms with Crippen LogP contribution in [-0.2, 0) is 4.79 Å². The van der Waals surface area contributed by atoms with E-state index in [1.54, 1.807) is 7.05 Å². The van der Waals surface area contributed by atoms with Crippen LogP contribution in [0.4, 0.5) is 0 Å². The molecule has 0 radical (unpaired) electrons. The van der Waals surface area contributed by atoms with Crippen LogP contribution >= 0.6 is 11.6 Å². The number of methoxy groups -OCH3 is 1. The van der Waals surface area contributed by atoms with Gasteiger partial charge in [0.05, 0.1) is 18.7 Å². The van der Waals surface area contributed by atoms with E-state index in [4.69, 9.17) is 21.1 Å². The summed E-state index contributed by atoms with van der Waals surface area (Å²) in [6.07, 6.45) is 3.47. The Kier molecular flexibility index (Phi) is 6.16. The van der Waals surface area contributed by atoms with Crippen LogP contribution in [0.25, 0.3) is 0 Å². The van der Waals surface area contributed by atoms with Crippen molar-refractivity contribution in [2.24, 2.45) is 0 Å². The Hall–Kier alpha value is -1.95. The number of carbonyl (C=O) groups excluding carboxylic acids is 1. The molecule has 7 heteroatoms. The highest BCUT2D eigenvalue weighted by Crippen LogP contribution is 2.38. The van der Waals surface area contributed by atoms with Crippen molar-refractivity contribution in [1.82, 2.24) is 4.90 Å². The van der Waals surface area contributed by atoms with Crippen LogP contribution < -0.4 is 9.47 Å². The SMILES string of the molecule is CCOc1c(Cl)cc(C(=O)N(C)C2(C(=O)O)CCCCC2)cc1OC. The minimum absolute atomic E-state index is 0.256. The summed E-state index contributed by atoms with van der Waals surface area (Å²) in [5.74, 6) is -0.643. The predicted octanol–water partition coefficient (Wildman–Crippen LogP) is 3.61. The largest absolute Gasteiger partial charge is 0.493 e. The number of carboxylic acids is 1. The highest BCUT2D eigenvalue weighted by atomic mass is 35.5. The molecule has 0 spiro atoms. The van der Waals surface area contributed by atoms with Crippen molar-refractivity contribution < 1.29 is 24.2 Å². The Balaban J connectivity index is 2.39. The number of rotatable bonds is 6. The first kappa shape index (κ1) is 19.4. The Morgan fingerprint density at radius 1 is 1.28 bits per heavy atom. The number of nitrogens with zero attached hydrogens (tertiary/aromatic N) is 1. The summed E-state index contributed by atoms with van der Waals surface area (Å²) in [5.41, 5.74) is -0.896. The fourth-order valence-corrected chi connectivity index (χ4v) is 3.61. The highest BCUT2D eigenvalue weighted by Gasteiger charge is 2.45. The zero-order valence-electron chi connectivity index (χ0n) is 14.8. The number of aliphatic carboxylic acids is 1. The molecule has 0 heterocycles. The van der Waals surface area contributed by atoms with E-state index >= 15 is 0 Å². The molecule has 0 aromatic heterocycles. The first-order valence-electron chi connectivity index (χ1n) is 8.39. The molecule has 0 saturated heterocycles. The monoisotopic (exact) mass is 369 g/mol. The van der Waals surface area contributed by atoms with E-state index in [1.165, 1.54) is 24.1 Å². The van der Waals surface area contributed by atoms with Crippen LogP contribution in [0, 0.1) is 0 Å². The van der Waals surface area contributed by atoms with Crippen molar-refractivity contribution in [3.63, 3.8) is 0 Å². The van der Waals surface area contributed by atoms with Gasteiger partial charge in [-0.3, -0.25) is 4.79 Å². The number of carbonyl (C=O) groups is 2.